The number of carbonyl (C=O) groups excluding carboxylic acids is 1. The Morgan fingerprint density at radius 1 is 1.26 bits per heavy atom. The first kappa shape index (κ1) is 26.1. The molecule has 1 saturated heterocycles. The summed E-state index contributed by atoms with van der Waals surface area (Å²) in [6, 6.07) is 7.80. The lowest BCUT2D eigenvalue weighted by molar-refractivity contribution is -0.122. The number of nitrogens with one attached hydrogen (secondary N) is 3. The number of hydrogen-bond acceptors (Lipinski definition) is 8. The van der Waals surface area contributed by atoms with Crippen molar-refractivity contribution in [1.82, 2.24) is 34.7 Å². The lowest BCUT2D eigenvalue weighted by atomic mass is 10.1. The highest BCUT2D eigenvalue weighted by molar-refractivity contribution is 6.07. The van der Waals surface area contributed by atoms with Crippen LogP contribution in [0, 0.1) is 0 Å². The number of nitrogens with zero attached hydrogens (tertiary/aromatic N) is 5. The van der Waals surface area contributed by atoms with Crippen LogP contribution in [0.2, 0.25) is 0 Å². The molecule has 4 aromatic rings. The van der Waals surface area contributed by atoms with Gasteiger partial charge in [0.2, 0.25) is 5.91 Å². The highest BCUT2D eigenvalue weighted by Gasteiger charge is 2.20. The van der Waals surface area contributed by atoms with Crippen molar-refractivity contribution in [3.63, 3.8) is 0 Å². The summed E-state index contributed by atoms with van der Waals surface area (Å²) >= 11 is 0. The molecule has 5 heterocycles. The zero-order chi connectivity index (χ0) is 26.5. The molecular weight excluding hydrogens is 484 g/mol. The first-order valence-electron chi connectivity index (χ1n) is 13.1. The number of aryl methyl sites for hydroxylation is 1. The Morgan fingerprint density at radius 3 is 2.89 bits per heavy atom. The monoisotopic (exact) mass is 520 g/mol. The zero-order valence-electron chi connectivity index (χ0n) is 22.3. The number of methoxy groups -OCH3 is 1. The minimum atomic E-state index is -0.204. The molecule has 1 aliphatic heterocycles. The first-order chi connectivity index (χ1) is 18.6. The molecule has 0 bridgehead atoms. The van der Waals surface area contributed by atoms with E-state index in [-0.39, 0.29) is 11.9 Å². The Balaban J connectivity index is 1.39. The van der Waals surface area contributed by atoms with Crippen molar-refractivity contribution in [2.75, 3.05) is 58.9 Å². The highest BCUT2D eigenvalue weighted by Crippen LogP contribution is 2.31. The molecule has 0 aliphatic carbocycles. The van der Waals surface area contributed by atoms with E-state index < -0.39 is 0 Å². The molecule has 5 rings (SSSR count). The molecule has 1 atom stereocenters. The number of imidazole rings is 1. The zero-order valence-corrected chi connectivity index (χ0v) is 22.3. The third-order valence-corrected chi connectivity index (χ3v) is 7.01. The number of fused-ring (bicyclic) bond motifs is 3. The highest BCUT2D eigenvalue weighted by atomic mass is 16.5. The van der Waals surface area contributed by atoms with Crippen LogP contribution in [-0.4, -0.2) is 88.9 Å². The molecule has 0 unspecified atom stereocenters. The summed E-state index contributed by atoms with van der Waals surface area (Å²) in [4.78, 5) is 32.8. The van der Waals surface area contributed by atoms with Gasteiger partial charge in [0.15, 0.2) is 5.82 Å². The van der Waals surface area contributed by atoms with E-state index in [0.29, 0.717) is 13.0 Å². The number of aromatic nitrogens is 5. The van der Waals surface area contributed by atoms with Gasteiger partial charge in [-0.15, -0.1) is 0 Å². The van der Waals surface area contributed by atoms with Gasteiger partial charge in [0.05, 0.1) is 48.2 Å². The molecule has 202 valence electrons. The number of anilines is 1. The molecule has 0 spiro atoms. The number of pyridine rings is 2. The fraction of sp³-hybridized carbons (Fsp3) is 0.481. The van der Waals surface area contributed by atoms with Gasteiger partial charge in [-0.25, -0.2) is 15.0 Å². The van der Waals surface area contributed by atoms with Crippen LogP contribution in [-0.2, 0) is 21.3 Å². The van der Waals surface area contributed by atoms with Gasteiger partial charge in [-0.05, 0) is 31.0 Å². The van der Waals surface area contributed by atoms with E-state index in [1.165, 1.54) is 0 Å². The predicted molar refractivity (Wildman–Crippen MR) is 147 cm³/mol. The summed E-state index contributed by atoms with van der Waals surface area (Å²) in [5.41, 5.74) is 5.07. The summed E-state index contributed by atoms with van der Waals surface area (Å²) in [6.45, 7) is 4.55. The largest absolute Gasteiger partial charge is 0.385 e. The molecule has 0 radical (unpaired) electrons. The summed E-state index contributed by atoms with van der Waals surface area (Å²) in [5.74, 6) is 0.750. The standard InChI is InChI=1S/C27H36N8O3/c1-28-27-24-25(34(2)17-29-24)18-16-22(32-26(18)33-27)21-7-4-6-19(30-21)20(8-5-13-37-3)31-23(36)9-10-35-11-14-38-15-12-35/h4,6-7,16-17,20H,5,8-15H2,1-3H3,(H,31,36)(H2,28,32,33)/t20-/m0/s1. The van der Waals surface area contributed by atoms with Crippen LogP contribution < -0.4 is 10.6 Å². The Hall–Kier alpha value is -3.54. The van der Waals surface area contributed by atoms with Gasteiger partial charge >= 0.3 is 0 Å². The van der Waals surface area contributed by atoms with Gasteiger partial charge in [-0.3, -0.25) is 9.69 Å². The third-order valence-electron chi connectivity index (χ3n) is 7.01. The maximum atomic E-state index is 12.9. The lowest BCUT2D eigenvalue weighted by Crippen LogP contribution is -2.39. The van der Waals surface area contributed by atoms with Crippen LogP contribution in [0.5, 0.6) is 0 Å². The molecule has 0 aromatic carbocycles. The maximum absolute atomic E-state index is 12.9. The quantitative estimate of drug-likeness (QED) is 0.258. The van der Waals surface area contributed by atoms with E-state index in [9.17, 15) is 4.79 Å². The molecule has 1 amide bonds. The van der Waals surface area contributed by atoms with Crippen molar-refractivity contribution < 1.29 is 14.3 Å². The fourth-order valence-electron chi connectivity index (χ4n) is 4.98. The van der Waals surface area contributed by atoms with Gasteiger partial charge < -0.3 is 29.7 Å². The van der Waals surface area contributed by atoms with Crippen LogP contribution in [0.1, 0.15) is 31.0 Å². The topological polar surface area (TPSA) is 122 Å². The molecule has 3 N–H and O–H groups in total. The average molecular weight is 521 g/mol. The molecular formula is C27H36N8O3. The maximum Gasteiger partial charge on any atom is 0.221 e. The number of rotatable bonds is 11. The number of amides is 1. The van der Waals surface area contributed by atoms with E-state index in [1.807, 2.05) is 36.9 Å². The Bertz CT molecular complexity index is 1390. The number of carbonyl (C=O) groups is 1. The molecule has 4 aromatic heterocycles. The Morgan fingerprint density at radius 2 is 2.11 bits per heavy atom. The number of aromatic amines is 1. The average Bonchev–Trinajstić information content (AvgIpc) is 3.55. The smallest absolute Gasteiger partial charge is 0.221 e. The lowest BCUT2D eigenvalue weighted by Gasteiger charge is -2.26. The number of ether oxygens (including phenoxy) is 2. The fourth-order valence-corrected chi connectivity index (χ4v) is 4.98. The minimum Gasteiger partial charge on any atom is -0.385 e. The van der Waals surface area contributed by atoms with Crippen molar-refractivity contribution in [2.45, 2.75) is 25.3 Å². The second-order valence-corrected chi connectivity index (χ2v) is 9.62. The van der Waals surface area contributed by atoms with Crippen LogP contribution >= 0.6 is 0 Å². The van der Waals surface area contributed by atoms with E-state index in [1.54, 1.807) is 13.4 Å². The summed E-state index contributed by atoms with van der Waals surface area (Å²) in [5, 5.41) is 7.34. The van der Waals surface area contributed by atoms with E-state index >= 15 is 0 Å². The normalized spacial score (nSPS) is 15.2. The molecule has 11 heteroatoms. The van der Waals surface area contributed by atoms with Crippen LogP contribution in [0.15, 0.2) is 30.6 Å². The number of H-pyrrole nitrogens is 1. The molecule has 38 heavy (non-hydrogen) atoms. The molecule has 1 aliphatic rings. The van der Waals surface area contributed by atoms with Crippen molar-refractivity contribution in [3.05, 3.63) is 36.3 Å². The van der Waals surface area contributed by atoms with Crippen molar-refractivity contribution in [1.29, 1.82) is 0 Å². The molecule has 11 nitrogen and oxygen atoms in total. The predicted octanol–water partition coefficient (Wildman–Crippen LogP) is 2.86. The SMILES string of the molecule is CNc1nc2[nH]c(-c3cccc([C@H](CCCOC)NC(=O)CCN4CCOCC4)n3)cc2c2c1ncn2C. The molecule has 0 saturated carbocycles. The van der Waals surface area contributed by atoms with E-state index in [4.69, 9.17) is 19.4 Å². The van der Waals surface area contributed by atoms with E-state index in [0.717, 1.165) is 90.7 Å². The second kappa shape index (κ2) is 11.9. The molecule has 1 fully saturated rings. The second-order valence-electron chi connectivity index (χ2n) is 9.62. The van der Waals surface area contributed by atoms with Gasteiger partial charge in [0.25, 0.3) is 0 Å². The van der Waals surface area contributed by atoms with Gasteiger partial charge in [0.1, 0.15) is 11.2 Å². The Labute approximate surface area is 221 Å². The summed E-state index contributed by atoms with van der Waals surface area (Å²) < 4.78 is 12.7. The van der Waals surface area contributed by atoms with Crippen molar-refractivity contribution >= 4 is 33.8 Å². The van der Waals surface area contributed by atoms with Crippen molar-refractivity contribution in [3.8, 4) is 11.4 Å². The van der Waals surface area contributed by atoms with Gasteiger partial charge in [-0.1, -0.05) is 6.07 Å². The van der Waals surface area contributed by atoms with Crippen LogP contribution in [0.4, 0.5) is 5.82 Å². The first-order valence-corrected chi connectivity index (χ1v) is 13.1. The van der Waals surface area contributed by atoms with E-state index in [2.05, 4.69) is 31.6 Å². The van der Waals surface area contributed by atoms with Crippen LogP contribution in [0.25, 0.3) is 33.5 Å². The number of morpholine rings is 1. The number of hydrogen-bond donors (Lipinski definition) is 3. The van der Waals surface area contributed by atoms with Crippen LogP contribution in [0.3, 0.4) is 0 Å². The van der Waals surface area contributed by atoms with Gasteiger partial charge in [-0.2, -0.15) is 0 Å². The summed E-state index contributed by atoms with van der Waals surface area (Å²) in [7, 11) is 5.51. The summed E-state index contributed by atoms with van der Waals surface area (Å²) in [6.07, 6.45) is 3.80. The van der Waals surface area contributed by atoms with Crippen molar-refractivity contribution in [2.24, 2.45) is 7.05 Å². The van der Waals surface area contributed by atoms with Gasteiger partial charge in [0, 0.05) is 59.3 Å². The third kappa shape index (κ3) is 5.64. The minimum absolute atomic E-state index is 0.0270. The Kier molecular flexibility index (Phi) is 8.16.